The van der Waals surface area contributed by atoms with Gasteiger partial charge in [0.05, 0.1) is 0 Å². The molecule has 14 heavy (non-hydrogen) atoms. The lowest BCUT2D eigenvalue weighted by atomic mass is 10.2. The summed E-state index contributed by atoms with van der Waals surface area (Å²) in [6.07, 6.45) is 0. The van der Waals surface area contributed by atoms with E-state index in [0.717, 1.165) is 9.13 Å². The summed E-state index contributed by atoms with van der Waals surface area (Å²) in [7, 11) is 0. The number of nitrogens with two attached hydrogens (primary N) is 1. The molecular formula is C9H10INO2S. The fraction of sp³-hybridized carbons (Fsp3) is 0.222. The van der Waals surface area contributed by atoms with Crippen LogP contribution in [0.4, 0.5) is 0 Å². The topological polar surface area (TPSA) is 66.2 Å². The number of halogens is 1. The Hall–Kier alpha value is -0.270. The molecule has 5 heteroatoms. The summed E-state index contributed by atoms with van der Waals surface area (Å²) in [4.78, 5) is 10.5. The predicted octanol–water partition coefficient (Wildman–Crippen LogP) is 1.03. The predicted molar refractivity (Wildman–Crippen MR) is 65.1 cm³/mol. The van der Waals surface area contributed by atoms with Crippen LogP contribution in [0.25, 0.3) is 0 Å². The molecule has 3 nitrogen and oxygen atoms in total. The fourth-order valence-electron chi connectivity index (χ4n) is 0.999. The minimum Gasteiger partial charge on any atom is -0.616 e. The second kappa shape index (κ2) is 5.57. The van der Waals surface area contributed by atoms with Crippen molar-refractivity contribution in [3.05, 3.63) is 33.4 Å². The van der Waals surface area contributed by atoms with Gasteiger partial charge in [-0.1, -0.05) is 18.2 Å². The second-order valence-corrected chi connectivity index (χ2v) is 5.41. The molecule has 1 aromatic rings. The minimum atomic E-state index is -1.19. The van der Waals surface area contributed by atoms with Crippen molar-refractivity contribution < 1.29 is 9.35 Å². The highest BCUT2D eigenvalue weighted by Gasteiger charge is 2.12. The zero-order valence-electron chi connectivity index (χ0n) is 7.40. The van der Waals surface area contributed by atoms with Crippen LogP contribution in [-0.4, -0.2) is 16.2 Å². The van der Waals surface area contributed by atoms with Crippen LogP contribution in [0.2, 0.25) is 0 Å². The van der Waals surface area contributed by atoms with E-state index in [4.69, 9.17) is 5.73 Å². The molecule has 0 aliphatic carbocycles. The molecule has 0 aliphatic heterocycles. The number of primary amides is 1. The molecule has 0 fully saturated rings. The van der Waals surface area contributed by atoms with Crippen LogP contribution in [-0.2, 0) is 21.7 Å². The van der Waals surface area contributed by atoms with E-state index in [1.807, 2.05) is 24.3 Å². The van der Waals surface area contributed by atoms with E-state index in [-0.39, 0.29) is 5.75 Å². The summed E-state index contributed by atoms with van der Waals surface area (Å²) in [6, 6.07) is 7.65. The van der Waals surface area contributed by atoms with E-state index in [0.29, 0.717) is 5.75 Å². The molecule has 76 valence electrons. The van der Waals surface area contributed by atoms with Gasteiger partial charge in [0.15, 0.2) is 5.75 Å². The lowest BCUT2D eigenvalue weighted by molar-refractivity contribution is -0.115. The first-order valence-electron chi connectivity index (χ1n) is 3.96. The van der Waals surface area contributed by atoms with E-state index in [1.54, 1.807) is 0 Å². The first-order valence-corrected chi connectivity index (χ1v) is 6.53. The summed E-state index contributed by atoms with van der Waals surface area (Å²) in [5.41, 5.74) is 5.94. The maximum Gasteiger partial charge on any atom is 0.267 e. The second-order valence-electron chi connectivity index (χ2n) is 2.79. The highest BCUT2D eigenvalue weighted by Crippen LogP contribution is 2.14. The third-order valence-corrected chi connectivity index (χ3v) is 3.87. The standard InChI is InChI=1S/C9H10INO2S/c10-8-4-2-1-3-7(8)5-14(13)6-9(11)12/h1-4H,5-6H2,(H2,11,12). The van der Waals surface area contributed by atoms with Crippen LogP contribution in [0, 0.1) is 3.57 Å². The highest BCUT2D eigenvalue weighted by molar-refractivity contribution is 14.1. The Kier molecular flexibility index (Phi) is 4.70. The Morgan fingerprint density at radius 1 is 1.50 bits per heavy atom. The van der Waals surface area contributed by atoms with Crippen molar-refractivity contribution in [2.75, 3.05) is 5.75 Å². The lowest BCUT2D eigenvalue weighted by Gasteiger charge is -2.09. The van der Waals surface area contributed by atoms with E-state index in [9.17, 15) is 9.35 Å². The van der Waals surface area contributed by atoms with Gasteiger partial charge in [-0.25, -0.2) is 0 Å². The van der Waals surface area contributed by atoms with Gasteiger partial charge in [-0.05, 0) is 39.8 Å². The average molecular weight is 323 g/mol. The Balaban J connectivity index is 2.60. The molecule has 0 saturated carbocycles. The van der Waals surface area contributed by atoms with Gasteiger partial charge in [0.2, 0.25) is 0 Å². The SMILES string of the molecule is NC(=O)C[S+]([O-])Cc1ccccc1I. The summed E-state index contributed by atoms with van der Waals surface area (Å²) in [5.74, 6) is -0.193. The smallest absolute Gasteiger partial charge is 0.267 e. The van der Waals surface area contributed by atoms with Crippen molar-refractivity contribution in [1.82, 2.24) is 0 Å². The molecule has 1 aromatic carbocycles. The highest BCUT2D eigenvalue weighted by atomic mass is 127. The average Bonchev–Trinajstić information content (AvgIpc) is 2.07. The number of carbonyl (C=O) groups is 1. The van der Waals surface area contributed by atoms with Crippen LogP contribution in [0.5, 0.6) is 0 Å². The van der Waals surface area contributed by atoms with Crippen molar-refractivity contribution in [1.29, 1.82) is 0 Å². The van der Waals surface area contributed by atoms with Gasteiger partial charge in [0.25, 0.3) is 5.91 Å². The molecule has 0 radical (unpaired) electrons. The Morgan fingerprint density at radius 3 is 2.71 bits per heavy atom. The molecule has 1 amide bonds. The molecule has 1 atom stereocenters. The first-order chi connectivity index (χ1) is 6.59. The largest absolute Gasteiger partial charge is 0.616 e. The van der Waals surface area contributed by atoms with Crippen LogP contribution >= 0.6 is 22.6 Å². The molecule has 0 saturated heterocycles. The molecule has 0 bridgehead atoms. The summed E-state index contributed by atoms with van der Waals surface area (Å²) in [5, 5.41) is 0. The van der Waals surface area contributed by atoms with Gasteiger partial charge in [-0.3, -0.25) is 4.79 Å². The van der Waals surface area contributed by atoms with Gasteiger partial charge in [0, 0.05) is 9.13 Å². The Labute approximate surface area is 99.4 Å². The monoisotopic (exact) mass is 323 g/mol. The normalized spacial score (nSPS) is 12.4. The van der Waals surface area contributed by atoms with Crippen LogP contribution in [0.3, 0.4) is 0 Å². The molecule has 1 rings (SSSR count). The molecule has 0 spiro atoms. The number of benzene rings is 1. The van der Waals surface area contributed by atoms with Crippen molar-refractivity contribution >= 4 is 39.7 Å². The number of amides is 1. The van der Waals surface area contributed by atoms with Crippen molar-refractivity contribution in [2.45, 2.75) is 5.75 Å². The number of hydrogen-bond acceptors (Lipinski definition) is 2. The van der Waals surface area contributed by atoms with E-state index in [2.05, 4.69) is 22.6 Å². The quantitative estimate of drug-likeness (QED) is 0.664. The van der Waals surface area contributed by atoms with Crippen LogP contribution in [0.15, 0.2) is 24.3 Å². The lowest BCUT2D eigenvalue weighted by Crippen LogP contribution is -2.24. The molecule has 0 heterocycles. The Bertz CT molecular complexity index is 332. The van der Waals surface area contributed by atoms with Gasteiger partial charge < -0.3 is 10.3 Å². The molecular weight excluding hydrogens is 313 g/mol. The molecule has 0 aliphatic rings. The molecule has 1 unspecified atom stereocenters. The number of hydrogen-bond donors (Lipinski definition) is 1. The third-order valence-electron chi connectivity index (χ3n) is 1.58. The van der Waals surface area contributed by atoms with Crippen molar-refractivity contribution in [2.24, 2.45) is 5.73 Å². The first kappa shape index (κ1) is 11.8. The third kappa shape index (κ3) is 3.85. The summed E-state index contributed by atoms with van der Waals surface area (Å²) >= 11 is 0.986. The number of rotatable bonds is 4. The Morgan fingerprint density at radius 2 is 2.14 bits per heavy atom. The van der Waals surface area contributed by atoms with Gasteiger partial charge >= 0.3 is 0 Å². The summed E-state index contributed by atoms with van der Waals surface area (Å²) < 4.78 is 12.4. The zero-order valence-corrected chi connectivity index (χ0v) is 10.4. The minimum absolute atomic E-state index is 0.0645. The van der Waals surface area contributed by atoms with Gasteiger partial charge in [-0.15, -0.1) is 0 Å². The van der Waals surface area contributed by atoms with Crippen molar-refractivity contribution in [3.63, 3.8) is 0 Å². The van der Waals surface area contributed by atoms with Crippen LogP contribution < -0.4 is 5.73 Å². The van der Waals surface area contributed by atoms with E-state index >= 15 is 0 Å². The zero-order chi connectivity index (χ0) is 10.6. The van der Waals surface area contributed by atoms with Crippen LogP contribution in [0.1, 0.15) is 5.56 Å². The molecule has 2 N–H and O–H groups in total. The van der Waals surface area contributed by atoms with E-state index in [1.165, 1.54) is 0 Å². The maximum atomic E-state index is 11.4. The van der Waals surface area contributed by atoms with Crippen molar-refractivity contribution in [3.8, 4) is 0 Å². The number of carbonyl (C=O) groups excluding carboxylic acids is 1. The van der Waals surface area contributed by atoms with E-state index < -0.39 is 17.1 Å². The fourth-order valence-corrected chi connectivity index (χ4v) is 2.85. The van der Waals surface area contributed by atoms with Gasteiger partial charge in [-0.2, -0.15) is 0 Å². The molecule has 0 aromatic heterocycles. The maximum absolute atomic E-state index is 11.4. The summed E-state index contributed by atoms with van der Waals surface area (Å²) in [6.45, 7) is 0. The van der Waals surface area contributed by atoms with Gasteiger partial charge in [0.1, 0.15) is 5.75 Å².